The highest BCUT2D eigenvalue weighted by Crippen LogP contribution is 2.21. The lowest BCUT2D eigenvalue weighted by Crippen LogP contribution is -2.46. The third-order valence-corrected chi connectivity index (χ3v) is 4.57. The molecule has 2 fully saturated rings. The summed E-state index contributed by atoms with van der Waals surface area (Å²) in [6.45, 7) is 3.81. The molecule has 1 atom stereocenters. The SMILES string of the molecule is O=C1NCCN1C1CCN(C[C@@H](O)c2ccc(F)cc2)CC1. The van der Waals surface area contributed by atoms with Crippen molar-refractivity contribution < 1.29 is 14.3 Å². The van der Waals surface area contributed by atoms with Crippen molar-refractivity contribution in [3.05, 3.63) is 35.6 Å². The smallest absolute Gasteiger partial charge is 0.317 e. The van der Waals surface area contributed by atoms with E-state index in [1.807, 2.05) is 4.90 Å². The Bertz CT molecular complexity index is 515. The van der Waals surface area contributed by atoms with Crippen molar-refractivity contribution >= 4 is 6.03 Å². The first-order valence-electron chi connectivity index (χ1n) is 7.84. The van der Waals surface area contributed by atoms with Gasteiger partial charge in [0.1, 0.15) is 5.82 Å². The minimum absolute atomic E-state index is 0.0461. The van der Waals surface area contributed by atoms with Crippen LogP contribution in [0.5, 0.6) is 0 Å². The predicted molar refractivity (Wildman–Crippen MR) is 80.9 cm³/mol. The Hall–Kier alpha value is -1.66. The van der Waals surface area contributed by atoms with E-state index in [2.05, 4.69) is 10.2 Å². The van der Waals surface area contributed by atoms with Crippen molar-refractivity contribution in [2.24, 2.45) is 0 Å². The standard InChI is InChI=1S/C16H22FN3O2/c17-13-3-1-12(2-4-13)15(21)11-19-8-5-14(6-9-19)20-10-7-18-16(20)22/h1-4,14-15,21H,5-11H2,(H,18,22)/t15-/m1/s1. The number of benzene rings is 1. The highest BCUT2D eigenvalue weighted by atomic mass is 19.1. The summed E-state index contributed by atoms with van der Waals surface area (Å²) in [6.07, 6.45) is 1.26. The van der Waals surface area contributed by atoms with Crippen LogP contribution in [0, 0.1) is 5.82 Å². The van der Waals surface area contributed by atoms with Crippen molar-refractivity contribution in [1.82, 2.24) is 15.1 Å². The van der Waals surface area contributed by atoms with Gasteiger partial charge in [0.2, 0.25) is 0 Å². The average molecular weight is 307 g/mol. The van der Waals surface area contributed by atoms with E-state index < -0.39 is 6.10 Å². The third kappa shape index (κ3) is 3.39. The van der Waals surface area contributed by atoms with Gasteiger partial charge in [-0.1, -0.05) is 12.1 Å². The first-order valence-corrected chi connectivity index (χ1v) is 7.84. The molecule has 0 spiro atoms. The molecule has 2 N–H and O–H groups in total. The van der Waals surface area contributed by atoms with Crippen LogP contribution in [0.4, 0.5) is 9.18 Å². The molecular formula is C16H22FN3O2. The largest absolute Gasteiger partial charge is 0.387 e. The van der Waals surface area contributed by atoms with Crippen LogP contribution >= 0.6 is 0 Å². The van der Waals surface area contributed by atoms with Crippen LogP contribution < -0.4 is 5.32 Å². The van der Waals surface area contributed by atoms with Gasteiger partial charge in [0.25, 0.3) is 0 Å². The van der Waals surface area contributed by atoms with Gasteiger partial charge in [-0.05, 0) is 30.5 Å². The third-order valence-electron chi connectivity index (χ3n) is 4.57. The number of nitrogens with one attached hydrogen (secondary N) is 1. The molecule has 0 radical (unpaired) electrons. The molecule has 0 aromatic heterocycles. The number of carbonyl (C=O) groups excluding carboxylic acids is 1. The normalized spacial score (nSPS) is 21.9. The van der Waals surface area contributed by atoms with E-state index in [1.54, 1.807) is 12.1 Å². The number of halogens is 1. The van der Waals surface area contributed by atoms with Crippen molar-refractivity contribution in [1.29, 1.82) is 0 Å². The number of hydrogen-bond acceptors (Lipinski definition) is 3. The first-order chi connectivity index (χ1) is 10.6. The van der Waals surface area contributed by atoms with E-state index in [0.29, 0.717) is 12.6 Å². The van der Waals surface area contributed by atoms with Crippen molar-refractivity contribution in [2.45, 2.75) is 25.0 Å². The summed E-state index contributed by atoms with van der Waals surface area (Å²) < 4.78 is 12.9. The van der Waals surface area contributed by atoms with Gasteiger partial charge in [0.15, 0.2) is 0 Å². The molecule has 2 saturated heterocycles. The van der Waals surface area contributed by atoms with E-state index >= 15 is 0 Å². The molecule has 120 valence electrons. The fourth-order valence-corrected chi connectivity index (χ4v) is 3.28. The van der Waals surface area contributed by atoms with Gasteiger partial charge in [-0.15, -0.1) is 0 Å². The maximum Gasteiger partial charge on any atom is 0.317 e. The fraction of sp³-hybridized carbons (Fsp3) is 0.562. The summed E-state index contributed by atoms with van der Waals surface area (Å²) in [5, 5.41) is 13.1. The minimum atomic E-state index is -0.604. The van der Waals surface area contributed by atoms with Gasteiger partial charge >= 0.3 is 6.03 Å². The molecule has 22 heavy (non-hydrogen) atoms. The lowest BCUT2D eigenvalue weighted by Gasteiger charge is -2.36. The van der Waals surface area contributed by atoms with Gasteiger partial charge in [-0.2, -0.15) is 0 Å². The number of hydrogen-bond donors (Lipinski definition) is 2. The summed E-state index contributed by atoms with van der Waals surface area (Å²) >= 11 is 0. The van der Waals surface area contributed by atoms with E-state index in [1.165, 1.54) is 12.1 Å². The topological polar surface area (TPSA) is 55.8 Å². The maximum atomic E-state index is 12.9. The molecule has 3 rings (SSSR count). The van der Waals surface area contributed by atoms with Gasteiger partial charge in [0.05, 0.1) is 6.10 Å². The molecule has 0 bridgehead atoms. The van der Waals surface area contributed by atoms with E-state index in [-0.39, 0.29) is 11.8 Å². The molecule has 5 nitrogen and oxygen atoms in total. The van der Waals surface area contributed by atoms with Crippen LogP contribution in [0.1, 0.15) is 24.5 Å². The number of carbonyl (C=O) groups is 1. The zero-order valence-electron chi connectivity index (χ0n) is 12.5. The zero-order chi connectivity index (χ0) is 15.5. The second-order valence-electron chi connectivity index (χ2n) is 6.02. The van der Waals surface area contributed by atoms with Crippen LogP contribution in [0.2, 0.25) is 0 Å². The van der Waals surface area contributed by atoms with Crippen LogP contribution in [0.25, 0.3) is 0 Å². The predicted octanol–water partition coefficient (Wildman–Crippen LogP) is 1.35. The Morgan fingerprint density at radius 2 is 1.91 bits per heavy atom. The number of aliphatic hydroxyl groups excluding tert-OH is 1. The highest BCUT2D eigenvalue weighted by molar-refractivity contribution is 5.76. The number of likely N-dealkylation sites (tertiary alicyclic amines) is 1. The van der Waals surface area contributed by atoms with Gasteiger partial charge < -0.3 is 20.2 Å². The van der Waals surface area contributed by atoms with Gasteiger partial charge in [-0.3, -0.25) is 0 Å². The van der Waals surface area contributed by atoms with Gasteiger partial charge in [-0.25, -0.2) is 9.18 Å². The number of urea groups is 1. The van der Waals surface area contributed by atoms with Crippen LogP contribution in [-0.4, -0.2) is 59.7 Å². The lowest BCUT2D eigenvalue weighted by molar-refractivity contribution is 0.0795. The van der Waals surface area contributed by atoms with Crippen LogP contribution in [-0.2, 0) is 0 Å². The molecule has 0 unspecified atom stereocenters. The van der Waals surface area contributed by atoms with Crippen LogP contribution in [0.3, 0.4) is 0 Å². The second-order valence-corrected chi connectivity index (χ2v) is 6.02. The first kappa shape index (κ1) is 15.2. The summed E-state index contributed by atoms with van der Waals surface area (Å²) in [5.41, 5.74) is 0.738. The molecule has 2 amide bonds. The molecule has 1 aromatic carbocycles. The number of aliphatic hydroxyl groups is 1. The Balaban J connectivity index is 1.49. The number of rotatable bonds is 4. The van der Waals surface area contributed by atoms with Crippen molar-refractivity contribution in [3.63, 3.8) is 0 Å². The molecule has 2 aliphatic heterocycles. The lowest BCUT2D eigenvalue weighted by atomic mass is 10.0. The molecule has 0 saturated carbocycles. The highest BCUT2D eigenvalue weighted by Gasteiger charge is 2.31. The minimum Gasteiger partial charge on any atom is -0.387 e. The van der Waals surface area contributed by atoms with Gasteiger partial charge in [0, 0.05) is 38.8 Å². The zero-order valence-corrected chi connectivity index (χ0v) is 12.5. The molecule has 2 aliphatic rings. The Morgan fingerprint density at radius 1 is 1.23 bits per heavy atom. The quantitative estimate of drug-likeness (QED) is 0.883. The Labute approximate surface area is 129 Å². The summed E-state index contributed by atoms with van der Waals surface area (Å²) in [4.78, 5) is 15.8. The Morgan fingerprint density at radius 3 is 2.50 bits per heavy atom. The second kappa shape index (κ2) is 6.62. The summed E-state index contributed by atoms with van der Waals surface area (Å²) in [6, 6.07) is 6.35. The average Bonchev–Trinajstić information content (AvgIpc) is 2.95. The number of nitrogens with zero attached hydrogens (tertiary/aromatic N) is 2. The molecule has 1 aromatic rings. The number of β-amino-alcohol motifs (C(OH)–C–C–N with tert-alkyl or cyclic N) is 1. The molecule has 2 heterocycles. The van der Waals surface area contributed by atoms with E-state index in [9.17, 15) is 14.3 Å². The molecule has 6 heteroatoms. The van der Waals surface area contributed by atoms with Crippen LogP contribution in [0.15, 0.2) is 24.3 Å². The van der Waals surface area contributed by atoms with Crippen molar-refractivity contribution in [2.75, 3.05) is 32.7 Å². The number of piperidine rings is 1. The molecule has 0 aliphatic carbocycles. The van der Waals surface area contributed by atoms with Crippen molar-refractivity contribution in [3.8, 4) is 0 Å². The number of amides is 2. The van der Waals surface area contributed by atoms with E-state index in [0.717, 1.165) is 44.6 Å². The Kier molecular flexibility index (Phi) is 4.59. The maximum absolute atomic E-state index is 12.9. The molecular weight excluding hydrogens is 285 g/mol. The van der Waals surface area contributed by atoms with E-state index in [4.69, 9.17) is 0 Å². The summed E-state index contributed by atoms with van der Waals surface area (Å²) in [5.74, 6) is -0.291. The fourth-order valence-electron chi connectivity index (χ4n) is 3.28. The summed E-state index contributed by atoms with van der Waals surface area (Å²) in [7, 11) is 0. The monoisotopic (exact) mass is 307 g/mol.